The molecule has 0 atom stereocenters. The van der Waals surface area contributed by atoms with Crippen LogP contribution in [-0.4, -0.2) is 23.3 Å². The minimum atomic E-state index is -0.248. The third-order valence-electron chi connectivity index (χ3n) is 4.31. The van der Waals surface area contributed by atoms with Crippen molar-refractivity contribution in [2.45, 2.75) is 6.92 Å². The number of likely N-dealkylation sites (N-methyl/N-ethyl adjacent to an activating group) is 1. The summed E-state index contributed by atoms with van der Waals surface area (Å²) in [6, 6.07) is 19.5. The molecule has 0 fully saturated rings. The van der Waals surface area contributed by atoms with Crippen LogP contribution in [0.3, 0.4) is 0 Å². The van der Waals surface area contributed by atoms with Crippen LogP contribution in [0.1, 0.15) is 22.8 Å². The Hall–Kier alpha value is -3.93. The predicted molar refractivity (Wildman–Crippen MR) is 117 cm³/mol. The van der Waals surface area contributed by atoms with Gasteiger partial charge in [0.2, 0.25) is 0 Å². The van der Waals surface area contributed by atoms with E-state index in [1.54, 1.807) is 71.8 Å². The molecule has 0 saturated carbocycles. The van der Waals surface area contributed by atoms with E-state index in [4.69, 9.17) is 5.73 Å². The number of hydrogen-bond acceptors (Lipinski definition) is 4. The normalized spacial score (nSPS) is 10.7. The number of rotatable bonds is 6. The van der Waals surface area contributed by atoms with Gasteiger partial charge in [0.15, 0.2) is 0 Å². The van der Waals surface area contributed by atoms with Crippen LogP contribution in [-0.2, 0) is 4.79 Å². The van der Waals surface area contributed by atoms with Crippen LogP contribution in [0.15, 0.2) is 79.0 Å². The second-order valence-electron chi connectivity index (χ2n) is 6.27. The molecule has 0 aliphatic carbocycles. The zero-order valence-corrected chi connectivity index (χ0v) is 16.1. The summed E-state index contributed by atoms with van der Waals surface area (Å²) >= 11 is 0. The number of para-hydroxylation sites is 2. The summed E-state index contributed by atoms with van der Waals surface area (Å²) in [5, 5.41) is 2.79. The summed E-state index contributed by atoms with van der Waals surface area (Å²) in [6.07, 6.45) is 4.87. The Morgan fingerprint density at radius 1 is 1.03 bits per heavy atom. The average molecular weight is 386 g/mol. The maximum absolute atomic E-state index is 12.5. The number of nitrogen functional groups attached to an aromatic ring is 1. The van der Waals surface area contributed by atoms with Gasteiger partial charge in [-0.2, -0.15) is 0 Å². The first kappa shape index (κ1) is 19.8. The number of nitrogens with zero attached hydrogens (tertiary/aromatic N) is 2. The molecule has 0 aliphatic heterocycles. The van der Waals surface area contributed by atoms with Crippen molar-refractivity contribution < 1.29 is 9.59 Å². The number of pyridine rings is 1. The average Bonchev–Trinajstić information content (AvgIpc) is 2.75. The second kappa shape index (κ2) is 9.32. The van der Waals surface area contributed by atoms with Gasteiger partial charge >= 0.3 is 0 Å². The van der Waals surface area contributed by atoms with Gasteiger partial charge < -0.3 is 11.1 Å². The van der Waals surface area contributed by atoms with Gasteiger partial charge in [-0.1, -0.05) is 30.3 Å². The molecule has 0 radical (unpaired) electrons. The van der Waals surface area contributed by atoms with E-state index in [0.717, 1.165) is 5.56 Å². The van der Waals surface area contributed by atoms with E-state index in [-0.39, 0.29) is 11.8 Å². The molecule has 2 amide bonds. The number of carbonyl (C=O) groups excluding carboxylic acids is 2. The van der Waals surface area contributed by atoms with Crippen molar-refractivity contribution in [1.29, 1.82) is 0 Å². The van der Waals surface area contributed by atoms with Crippen LogP contribution in [0.4, 0.5) is 17.2 Å². The summed E-state index contributed by atoms with van der Waals surface area (Å²) in [4.78, 5) is 30.7. The van der Waals surface area contributed by atoms with Crippen molar-refractivity contribution in [3.63, 3.8) is 0 Å². The lowest BCUT2D eigenvalue weighted by Crippen LogP contribution is -2.29. The summed E-state index contributed by atoms with van der Waals surface area (Å²) in [5.74, 6) is 0.200. The summed E-state index contributed by atoms with van der Waals surface area (Å²) < 4.78 is 0. The zero-order chi connectivity index (χ0) is 20.6. The number of aromatic nitrogens is 1. The molecule has 3 N–H and O–H groups in total. The largest absolute Gasteiger partial charge is 0.397 e. The third kappa shape index (κ3) is 5.07. The number of carbonyl (C=O) groups is 2. The van der Waals surface area contributed by atoms with Crippen molar-refractivity contribution in [3.8, 4) is 0 Å². The molecule has 29 heavy (non-hydrogen) atoms. The highest BCUT2D eigenvalue weighted by Gasteiger charge is 2.11. The zero-order valence-electron chi connectivity index (χ0n) is 16.1. The Morgan fingerprint density at radius 2 is 1.76 bits per heavy atom. The lowest BCUT2D eigenvalue weighted by molar-refractivity contribution is -0.114. The maximum atomic E-state index is 12.5. The fourth-order valence-corrected chi connectivity index (χ4v) is 2.75. The Bertz CT molecular complexity index is 1010. The Kier molecular flexibility index (Phi) is 6.37. The molecule has 0 saturated heterocycles. The molecular formula is C23H22N4O2. The van der Waals surface area contributed by atoms with Crippen LogP contribution >= 0.6 is 0 Å². The van der Waals surface area contributed by atoms with E-state index in [9.17, 15) is 9.59 Å². The highest BCUT2D eigenvalue weighted by Crippen LogP contribution is 2.18. The van der Waals surface area contributed by atoms with Gasteiger partial charge in [-0.15, -0.1) is 0 Å². The predicted octanol–water partition coefficient (Wildman–Crippen LogP) is 3.98. The van der Waals surface area contributed by atoms with E-state index in [2.05, 4.69) is 10.3 Å². The molecule has 0 unspecified atom stereocenters. The SMILES string of the molecule is CCN(C(=O)C=Cc1ccc(C(=O)Nc2ccccc2N)cc1)c1ccccn1. The first-order valence-electron chi connectivity index (χ1n) is 9.25. The van der Waals surface area contributed by atoms with Crippen molar-refractivity contribution in [2.24, 2.45) is 0 Å². The number of amides is 2. The maximum Gasteiger partial charge on any atom is 0.255 e. The Labute approximate surface area is 169 Å². The van der Waals surface area contributed by atoms with Crippen LogP contribution < -0.4 is 16.0 Å². The first-order chi connectivity index (χ1) is 14.1. The summed E-state index contributed by atoms with van der Waals surface area (Å²) in [6.45, 7) is 2.41. The van der Waals surface area contributed by atoms with E-state index < -0.39 is 0 Å². The van der Waals surface area contributed by atoms with Crippen LogP contribution in [0.2, 0.25) is 0 Å². The number of anilines is 3. The quantitative estimate of drug-likeness (QED) is 0.495. The lowest BCUT2D eigenvalue weighted by Gasteiger charge is -2.17. The number of hydrogen-bond donors (Lipinski definition) is 2. The molecular weight excluding hydrogens is 364 g/mol. The molecule has 0 aliphatic rings. The number of benzene rings is 2. The minimum absolute atomic E-state index is 0.160. The fraction of sp³-hybridized carbons (Fsp3) is 0.0870. The smallest absolute Gasteiger partial charge is 0.255 e. The van der Waals surface area contributed by atoms with Crippen LogP contribution in [0.25, 0.3) is 6.08 Å². The van der Waals surface area contributed by atoms with E-state index in [0.29, 0.717) is 29.3 Å². The van der Waals surface area contributed by atoms with Crippen molar-refractivity contribution in [3.05, 3.63) is 90.1 Å². The van der Waals surface area contributed by atoms with Gasteiger partial charge in [0.05, 0.1) is 11.4 Å². The molecule has 2 aromatic carbocycles. The lowest BCUT2D eigenvalue weighted by atomic mass is 10.1. The first-order valence-corrected chi connectivity index (χ1v) is 9.25. The Morgan fingerprint density at radius 3 is 2.41 bits per heavy atom. The third-order valence-corrected chi connectivity index (χ3v) is 4.31. The molecule has 0 bridgehead atoms. The van der Waals surface area contributed by atoms with Crippen molar-refractivity contribution in [2.75, 3.05) is 22.5 Å². The summed E-state index contributed by atoms with van der Waals surface area (Å²) in [7, 11) is 0. The van der Waals surface area contributed by atoms with E-state index in [1.165, 1.54) is 6.08 Å². The van der Waals surface area contributed by atoms with Gasteiger partial charge in [0.1, 0.15) is 5.82 Å². The number of nitrogens with one attached hydrogen (secondary N) is 1. The van der Waals surface area contributed by atoms with Crippen LogP contribution in [0.5, 0.6) is 0 Å². The van der Waals surface area contributed by atoms with E-state index in [1.807, 2.05) is 19.1 Å². The van der Waals surface area contributed by atoms with Gasteiger partial charge in [0, 0.05) is 24.4 Å². The van der Waals surface area contributed by atoms with Gasteiger partial charge in [0.25, 0.3) is 11.8 Å². The number of nitrogens with two attached hydrogens (primary N) is 1. The molecule has 6 nitrogen and oxygen atoms in total. The van der Waals surface area contributed by atoms with Crippen LogP contribution in [0, 0.1) is 0 Å². The van der Waals surface area contributed by atoms with E-state index >= 15 is 0 Å². The molecule has 3 aromatic rings. The molecule has 146 valence electrons. The fourth-order valence-electron chi connectivity index (χ4n) is 2.75. The molecule has 3 rings (SSSR count). The molecule has 1 aromatic heterocycles. The highest BCUT2D eigenvalue weighted by atomic mass is 16.2. The van der Waals surface area contributed by atoms with Crippen molar-refractivity contribution >= 4 is 35.1 Å². The topological polar surface area (TPSA) is 88.3 Å². The highest BCUT2D eigenvalue weighted by molar-refractivity contribution is 6.06. The minimum Gasteiger partial charge on any atom is -0.397 e. The standard InChI is InChI=1S/C23H22N4O2/c1-2-27(21-9-5-6-16-25-21)22(28)15-12-17-10-13-18(14-11-17)23(29)26-20-8-4-3-7-19(20)24/h3-16H,2,24H2,1H3,(H,26,29). The second-order valence-corrected chi connectivity index (χ2v) is 6.27. The van der Waals surface area contributed by atoms with Gasteiger partial charge in [-0.3, -0.25) is 14.5 Å². The monoisotopic (exact) mass is 386 g/mol. The van der Waals surface area contributed by atoms with Gasteiger partial charge in [-0.25, -0.2) is 4.98 Å². The summed E-state index contributed by atoms with van der Waals surface area (Å²) in [5.41, 5.74) is 8.24. The molecule has 0 spiro atoms. The molecule has 1 heterocycles. The van der Waals surface area contributed by atoms with Gasteiger partial charge in [-0.05, 0) is 55.0 Å². The van der Waals surface area contributed by atoms with Crippen molar-refractivity contribution in [1.82, 2.24) is 4.98 Å². The molecule has 6 heteroatoms. The Balaban J connectivity index is 1.66.